The topological polar surface area (TPSA) is 108 Å². The molecule has 2 atom stereocenters. The van der Waals surface area contributed by atoms with Gasteiger partial charge in [-0.3, -0.25) is 14.9 Å². The average molecular weight is 531 g/mol. The number of ether oxygens (including phenoxy) is 2. The molecule has 0 radical (unpaired) electrons. The van der Waals surface area contributed by atoms with Gasteiger partial charge in [-0.1, -0.05) is 30.3 Å². The molecule has 2 heterocycles. The van der Waals surface area contributed by atoms with E-state index in [4.69, 9.17) is 9.47 Å². The SMILES string of the molecule is COc1ccc(COC(=O)C2=C(C)NC3=C(C(=O)C[C@@H](c4cccs4)C3)[C@H]2c2cccc([N+](=O)[O-])c2)cc1. The third-order valence-corrected chi connectivity index (χ3v) is 7.97. The number of hydrogen-bond donors (Lipinski definition) is 1. The van der Waals surface area contributed by atoms with E-state index in [1.807, 2.05) is 17.5 Å². The smallest absolute Gasteiger partial charge is 0.337 e. The largest absolute Gasteiger partial charge is 0.497 e. The van der Waals surface area contributed by atoms with E-state index in [-0.39, 0.29) is 29.6 Å². The third kappa shape index (κ3) is 4.97. The van der Waals surface area contributed by atoms with Gasteiger partial charge in [0.25, 0.3) is 5.69 Å². The monoisotopic (exact) mass is 530 g/mol. The van der Waals surface area contributed by atoms with Gasteiger partial charge < -0.3 is 14.8 Å². The highest BCUT2D eigenvalue weighted by molar-refractivity contribution is 7.10. The summed E-state index contributed by atoms with van der Waals surface area (Å²) in [6.07, 6.45) is 0.915. The minimum atomic E-state index is -0.772. The number of nitrogens with one attached hydrogen (secondary N) is 1. The van der Waals surface area contributed by atoms with Crippen LogP contribution in [0.1, 0.15) is 47.6 Å². The summed E-state index contributed by atoms with van der Waals surface area (Å²) in [4.78, 5) is 39.4. The number of non-ortho nitro benzene ring substituents is 1. The summed E-state index contributed by atoms with van der Waals surface area (Å²) in [7, 11) is 1.58. The Morgan fingerprint density at radius 1 is 1.13 bits per heavy atom. The molecule has 8 nitrogen and oxygen atoms in total. The summed E-state index contributed by atoms with van der Waals surface area (Å²) < 4.78 is 10.9. The number of methoxy groups -OCH3 is 1. The summed E-state index contributed by atoms with van der Waals surface area (Å²) in [5.41, 5.74) is 3.25. The van der Waals surface area contributed by atoms with Crippen LogP contribution in [0.3, 0.4) is 0 Å². The van der Waals surface area contributed by atoms with Crippen molar-refractivity contribution in [3.63, 3.8) is 0 Å². The fraction of sp³-hybridized carbons (Fsp3) is 0.241. The first kappa shape index (κ1) is 25.4. The molecule has 0 saturated carbocycles. The molecule has 0 saturated heterocycles. The van der Waals surface area contributed by atoms with Gasteiger partial charge in [0.05, 0.1) is 17.6 Å². The summed E-state index contributed by atoms with van der Waals surface area (Å²) >= 11 is 1.61. The second kappa shape index (κ2) is 10.6. The number of ketones is 1. The predicted molar refractivity (Wildman–Crippen MR) is 143 cm³/mol. The lowest BCUT2D eigenvalue weighted by Crippen LogP contribution is -2.36. The fourth-order valence-corrected chi connectivity index (χ4v) is 5.96. The molecule has 3 aromatic rings. The van der Waals surface area contributed by atoms with E-state index < -0.39 is 16.8 Å². The fourth-order valence-electron chi connectivity index (χ4n) is 5.13. The molecule has 0 amide bonds. The molecule has 0 unspecified atom stereocenters. The number of hydrogen-bond acceptors (Lipinski definition) is 8. The number of esters is 1. The van der Waals surface area contributed by atoms with E-state index in [1.165, 1.54) is 12.1 Å². The van der Waals surface area contributed by atoms with Gasteiger partial charge in [0.1, 0.15) is 12.4 Å². The molecule has 9 heteroatoms. The lowest BCUT2D eigenvalue weighted by molar-refractivity contribution is -0.384. The molecule has 1 N–H and O–H groups in total. The van der Waals surface area contributed by atoms with Crippen molar-refractivity contribution in [1.29, 1.82) is 0 Å². The summed E-state index contributed by atoms with van der Waals surface area (Å²) in [6.45, 7) is 1.80. The van der Waals surface area contributed by atoms with Gasteiger partial charge in [-0.25, -0.2) is 4.79 Å². The molecule has 2 aliphatic rings. The number of rotatable bonds is 7. The Bertz CT molecular complexity index is 1460. The zero-order valence-corrected chi connectivity index (χ0v) is 21.7. The van der Waals surface area contributed by atoms with Crippen LogP contribution in [0.4, 0.5) is 5.69 Å². The number of nitro groups is 1. The zero-order chi connectivity index (χ0) is 26.8. The van der Waals surface area contributed by atoms with Crippen molar-refractivity contribution in [2.24, 2.45) is 0 Å². The number of Topliss-reactive ketones (excluding diaryl/α,β-unsaturated/α-hetero) is 1. The zero-order valence-electron chi connectivity index (χ0n) is 20.9. The second-order valence-corrected chi connectivity index (χ2v) is 10.3. The van der Waals surface area contributed by atoms with Gasteiger partial charge in [-0.2, -0.15) is 0 Å². The minimum absolute atomic E-state index is 0.0293. The highest BCUT2D eigenvalue weighted by atomic mass is 32.1. The molecule has 0 fully saturated rings. The Morgan fingerprint density at radius 3 is 2.61 bits per heavy atom. The second-order valence-electron chi connectivity index (χ2n) is 9.31. The molecular weight excluding hydrogens is 504 g/mol. The third-order valence-electron chi connectivity index (χ3n) is 6.94. The molecule has 38 heavy (non-hydrogen) atoms. The van der Waals surface area contributed by atoms with Crippen LogP contribution in [-0.2, 0) is 20.9 Å². The van der Waals surface area contributed by atoms with Crippen molar-refractivity contribution < 1.29 is 24.0 Å². The number of nitrogens with zero attached hydrogens (tertiary/aromatic N) is 1. The molecule has 5 rings (SSSR count). The Labute approximate surface area is 223 Å². The molecule has 0 bridgehead atoms. The number of dihydropyridines is 1. The number of carbonyl (C=O) groups excluding carboxylic acids is 2. The van der Waals surface area contributed by atoms with Crippen molar-refractivity contribution in [3.8, 4) is 5.75 Å². The molecule has 2 aromatic carbocycles. The number of benzene rings is 2. The van der Waals surface area contributed by atoms with Crippen molar-refractivity contribution in [2.45, 2.75) is 38.2 Å². The molecule has 194 valence electrons. The van der Waals surface area contributed by atoms with Crippen LogP contribution in [0.5, 0.6) is 5.75 Å². The highest BCUT2D eigenvalue weighted by Crippen LogP contribution is 2.46. The first-order chi connectivity index (χ1) is 18.4. The van der Waals surface area contributed by atoms with E-state index >= 15 is 0 Å². The Kier molecular flexibility index (Phi) is 7.11. The number of nitro benzene ring substituents is 1. The molecule has 1 aromatic heterocycles. The van der Waals surface area contributed by atoms with Crippen LogP contribution in [0.2, 0.25) is 0 Å². The van der Waals surface area contributed by atoms with Crippen LogP contribution in [-0.4, -0.2) is 23.8 Å². The van der Waals surface area contributed by atoms with Gasteiger partial charge in [0, 0.05) is 52.2 Å². The van der Waals surface area contributed by atoms with Gasteiger partial charge in [0.2, 0.25) is 0 Å². The molecule has 1 aliphatic heterocycles. The van der Waals surface area contributed by atoms with E-state index in [2.05, 4.69) is 5.32 Å². The van der Waals surface area contributed by atoms with Gasteiger partial charge in [-0.05, 0) is 48.1 Å². The molecular formula is C29H26N2O6S. The maximum Gasteiger partial charge on any atom is 0.337 e. The summed E-state index contributed by atoms with van der Waals surface area (Å²) in [5.74, 6) is -0.706. The Hall–Kier alpha value is -4.24. The Morgan fingerprint density at radius 2 is 1.92 bits per heavy atom. The van der Waals surface area contributed by atoms with Gasteiger partial charge in [-0.15, -0.1) is 11.3 Å². The molecule has 1 aliphatic carbocycles. The van der Waals surface area contributed by atoms with Crippen molar-refractivity contribution in [3.05, 3.63) is 115 Å². The number of allylic oxidation sites excluding steroid dienone is 3. The van der Waals surface area contributed by atoms with Crippen LogP contribution in [0.15, 0.2) is 88.6 Å². The van der Waals surface area contributed by atoms with Gasteiger partial charge in [0.15, 0.2) is 5.78 Å². The predicted octanol–water partition coefficient (Wildman–Crippen LogP) is 5.77. The van der Waals surface area contributed by atoms with Crippen molar-refractivity contribution >= 4 is 28.8 Å². The van der Waals surface area contributed by atoms with Crippen molar-refractivity contribution in [2.75, 3.05) is 7.11 Å². The summed E-state index contributed by atoms with van der Waals surface area (Å²) in [6, 6.07) is 17.3. The standard InChI is InChI=1S/C29H26N2O6S/c1-17-26(29(33)37-16-18-8-10-22(36-2)11-9-18)27(19-5-3-6-21(13-19)31(34)35)28-23(30-17)14-20(15-24(28)32)25-7-4-12-38-25/h3-13,20,27,30H,14-16H2,1-2H3/t20-,27-/m0/s1. The lowest BCUT2D eigenvalue weighted by Gasteiger charge is -2.36. The maximum absolute atomic E-state index is 13.6. The first-order valence-electron chi connectivity index (χ1n) is 12.2. The average Bonchev–Trinajstić information content (AvgIpc) is 3.46. The van der Waals surface area contributed by atoms with Gasteiger partial charge >= 0.3 is 5.97 Å². The number of thiophene rings is 1. The van der Waals surface area contributed by atoms with E-state index in [0.717, 1.165) is 16.1 Å². The summed E-state index contributed by atoms with van der Waals surface area (Å²) in [5, 5.41) is 16.9. The van der Waals surface area contributed by atoms with E-state index in [0.29, 0.717) is 35.4 Å². The van der Waals surface area contributed by atoms with E-state index in [1.54, 1.807) is 61.8 Å². The van der Waals surface area contributed by atoms with Crippen LogP contribution in [0.25, 0.3) is 0 Å². The van der Waals surface area contributed by atoms with E-state index in [9.17, 15) is 19.7 Å². The van der Waals surface area contributed by atoms with Crippen LogP contribution < -0.4 is 10.1 Å². The highest BCUT2D eigenvalue weighted by Gasteiger charge is 2.42. The maximum atomic E-state index is 13.6. The quantitative estimate of drug-likeness (QED) is 0.235. The first-order valence-corrected chi connectivity index (χ1v) is 13.1. The Balaban J connectivity index is 1.51. The number of carbonyl (C=O) groups is 2. The minimum Gasteiger partial charge on any atom is -0.497 e. The normalized spacial score (nSPS) is 19.1. The lowest BCUT2D eigenvalue weighted by atomic mass is 9.72. The van der Waals surface area contributed by atoms with Crippen molar-refractivity contribution in [1.82, 2.24) is 5.32 Å². The molecule has 0 spiro atoms. The van der Waals surface area contributed by atoms with Crippen LogP contribution in [0, 0.1) is 10.1 Å². The van der Waals surface area contributed by atoms with Crippen LogP contribution >= 0.6 is 11.3 Å².